The van der Waals surface area contributed by atoms with Crippen molar-refractivity contribution in [3.8, 4) is 0 Å². The predicted octanol–water partition coefficient (Wildman–Crippen LogP) is 1.27. The predicted molar refractivity (Wildman–Crippen MR) is 64.0 cm³/mol. The zero-order valence-electron chi connectivity index (χ0n) is 9.73. The number of hydrogen-bond donors (Lipinski definition) is 2. The van der Waals surface area contributed by atoms with E-state index in [-0.39, 0.29) is 17.8 Å². The molecule has 7 heteroatoms. The molecular formula is C12H10F2N4O. The minimum atomic E-state index is -0.966. The SMILES string of the molecule is Nc1cc(C(=O)NCc2ccncn2)c(F)cc1F. The van der Waals surface area contributed by atoms with Gasteiger partial charge in [-0.25, -0.2) is 18.7 Å². The van der Waals surface area contributed by atoms with E-state index in [0.717, 1.165) is 6.07 Å². The first-order valence-corrected chi connectivity index (χ1v) is 5.35. The molecule has 3 N–H and O–H groups in total. The number of nitrogens with one attached hydrogen (secondary N) is 1. The summed E-state index contributed by atoms with van der Waals surface area (Å²) in [6, 6.07) is 3.14. The topological polar surface area (TPSA) is 80.9 Å². The zero-order valence-corrected chi connectivity index (χ0v) is 9.73. The van der Waals surface area contributed by atoms with E-state index in [1.807, 2.05) is 0 Å². The maximum atomic E-state index is 13.4. The molecule has 0 saturated carbocycles. The first-order valence-electron chi connectivity index (χ1n) is 5.35. The van der Waals surface area contributed by atoms with Crippen LogP contribution in [0.3, 0.4) is 0 Å². The molecule has 0 saturated heterocycles. The summed E-state index contributed by atoms with van der Waals surface area (Å²) in [6.45, 7) is 0.109. The molecule has 0 aliphatic heterocycles. The van der Waals surface area contributed by atoms with E-state index in [1.54, 1.807) is 6.07 Å². The molecule has 0 radical (unpaired) electrons. The monoisotopic (exact) mass is 264 g/mol. The minimum absolute atomic E-state index is 0.109. The van der Waals surface area contributed by atoms with Gasteiger partial charge in [0, 0.05) is 12.3 Å². The highest BCUT2D eigenvalue weighted by Gasteiger charge is 2.14. The molecule has 0 aliphatic carbocycles. The number of anilines is 1. The summed E-state index contributed by atoms with van der Waals surface area (Å²) < 4.78 is 26.4. The quantitative estimate of drug-likeness (QED) is 0.818. The van der Waals surface area contributed by atoms with Crippen molar-refractivity contribution in [3.63, 3.8) is 0 Å². The summed E-state index contributed by atoms with van der Waals surface area (Å²) in [5, 5.41) is 2.46. The third kappa shape index (κ3) is 3.01. The van der Waals surface area contributed by atoms with Crippen LogP contribution in [0, 0.1) is 11.6 Å². The number of carbonyl (C=O) groups is 1. The number of nitrogen functional groups attached to an aromatic ring is 1. The molecule has 0 unspecified atom stereocenters. The third-order valence-corrected chi connectivity index (χ3v) is 2.40. The van der Waals surface area contributed by atoms with Crippen LogP contribution in [-0.4, -0.2) is 15.9 Å². The van der Waals surface area contributed by atoms with Gasteiger partial charge in [-0.05, 0) is 12.1 Å². The molecule has 1 heterocycles. The molecule has 0 fully saturated rings. The van der Waals surface area contributed by atoms with Crippen LogP contribution in [0.4, 0.5) is 14.5 Å². The normalized spacial score (nSPS) is 10.2. The van der Waals surface area contributed by atoms with Crippen LogP contribution < -0.4 is 11.1 Å². The second kappa shape index (κ2) is 5.38. The van der Waals surface area contributed by atoms with Crippen LogP contribution in [0.5, 0.6) is 0 Å². The number of hydrogen-bond acceptors (Lipinski definition) is 4. The first kappa shape index (κ1) is 12.9. The molecule has 1 amide bonds. The van der Waals surface area contributed by atoms with Crippen molar-refractivity contribution in [2.45, 2.75) is 6.54 Å². The molecule has 2 rings (SSSR count). The van der Waals surface area contributed by atoms with Crippen molar-refractivity contribution in [3.05, 3.63) is 53.6 Å². The van der Waals surface area contributed by atoms with Gasteiger partial charge in [0.25, 0.3) is 5.91 Å². The Labute approximate surface area is 107 Å². The molecule has 0 aliphatic rings. The lowest BCUT2D eigenvalue weighted by Gasteiger charge is -2.07. The maximum Gasteiger partial charge on any atom is 0.254 e. The average Bonchev–Trinajstić information content (AvgIpc) is 2.41. The number of benzene rings is 1. The van der Waals surface area contributed by atoms with Crippen LogP contribution in [0.25, 0.3) is 0 Å². The van der Waals surface area contributed by atoms with E-state index in [1.165, 1.54) is 12.5 Å². The number of halogens is 2. The van der Waals surface area contributed by atoms with E-state index in [2.05, 4.69) is 15.3 Å². The van der Waals surface area contributed by atoms with Crippen LogP contribution in [0.1, 0.15) is 16.1 Å². The Balaban J connectivity index is 2.10. The van der Waals surface area contributed by atoms with Gasteiger partial charge in [0.15, 0.2) is 0 Å². The lowest BCUT2D eigenvalue weighted by molar-refractivity contribution is 0.0946. The van der Waals surface area contributed by atoms with E-state index in [9.17, 15) is 13.6 Å². The van der Waals surface area contributed by atoms with Crippen molar-refractivity contribution in [2.75, 3.05) is 5.73 Å². The standard InChI is InChI=1S/C12H10F2N4O/c13-9-4-10(14)11(15)3-8(9)12(19)17-5-7-1-2-16-6-18-7/h1-4,6H,5,15H2,(H,17,19). The van der Waals surface area contributed by atoms with Gasteiger partial charge in [0.05, 0.1) is 23.5 Å². The number of aromatic nitrogens is 2. The molecule has 5 nitrogen and oxygen atoms in total. The summed E-state index contributed by atoms with van der Waals surface area (Å²) in [5.41, 5.74) is 5.26. The van der Waals surface area contributed by atoms with Crippen molar-refractivity contribution in [2.24, 2.45) is 0 Å². The first-order chi connectivity index (χ1) is 9.08. The third-order valence-electron chi connectivity index (χ3n) is 2.40. The van der Waals surface area contributed by atoms with Gasteiger partial charge in [0.1, 0.15) is 18.0 Å². The fourth-order valence-corrected chi connectivity index (χ4v) is 1.43. The Morgan fingerprint density at radius 1 is 1.32 bits per heavy atom. The summed E-state index contributed by atoms with van der Waals surface area (Å²) in [5.74, 6) is -2.56. The lowest BCUT2D eigenvalue weighted by atomic mass is 10.1. The van der Waals surface area contributed by atoms with Crippen molar-refractivity contribution in [1.82, 2.24) is 15.3 Å². The number of carbonyl (C=O) groups excluding carboxylic acids is 1. The minimum Gasteiger partial charge on any atom is -0.396 e. The van der Waals surface area contributed by atoms with Crippen molar-refractivity contribution in [1.29, 1.82) is 0 Å². The molecule has 2 aromatic rings. The van der Waals surface area contributed by atoms with E-state index >= 15 is 0 Å². The Hall–Kier alpha value is -2.57. The van der Waals surface area contributed by atoms with Crippen LogP contribution in [-0.2, 0) is 6.54 Å². The molecule has 0 bridgehead atoms. The van der Waals surface area contributed by atoms with Crippen molar-refractivity contribution < 1.29 is 13.6 Å². The number of nitrogens with two attached hydrogens (primary N) is 1. The largest absolute Gasteiger partial charge is 0.396 e. The number of rotatable bonds is 3. The molecule has 1 aromatic carbocycles. The Morgan fingerprint density at radius 3 is 2.79 bits per heavy atom. The second-order valence-corrected chi connectivity index (χ2v) is 3.74. The lowest BCUT2D eigenvalue weighted by Crippen LogP contribution is -2.24. The molecule has 19 heavy (non-hydrogen) atoms. The van der Waals surface area contributed by atoms with Crippen LogP contribution >= 0.6 is 0 Å². The van der Waals surface area contributed by atoms with Gasteiger partial charge >= 0.3 is 0 Å². The fraction of sp³-hybridized carbons (Fsp3) is 0.0833. The van der Waals surface area contributed by atoms with Gasteiger partial charge in [0.2, 0.25) is 0 Å². The van der Waals surface area contributed by atoms with Gasteiger partial charge in [-0.3, -0.25) is 4.79 Å². The smallest absolute Gasteiger partial charge is 0.254 e. The van der Waals surface area contributed by atoms with Crippen LogP contribution in [0.2, 0.25) is 0 Å². The van der Waals surface area contributed by atoms with E-state index < -0.39 is 17.5 Å². The fourth-order valence-electron chi connectivity index (χ4n) is 1.43. The molecule has 0 spiro atoms. The summed E-state index contributed by atoms with van der Waals surface area (Å²) >= 11 is 0. The van der Waals surface area contributed by atoms with Crippen LogP contribution in [0.15, 0.2) is 30.7 Å². The number of nitrogens with zero attached hydrogens (tertiary/aromatic N) is 2. The molecular weight excluding hydrogens is 254 g/mol. The Bertz CT molecular complexity index is 604. The molecule has 0 atom stereocenters. The Kier molecular flexibility index (Phi) is 3.65. The highest BCUT2D eigenvalue weighted by atomic mass is 19.1. The summed E-state index contributed by atoms with van der Waals surface area (Å²) in [7, 11) is 0. The second-order valence-electron chi connectivity index (χ2n) is 3.74. The zero-order chi connectivity index (χ0) is 13.8. The highest BCUT2D eigenvalue weighted by Crippen LogP contribution is 2.16. The number of amides is 1. The van der Waals surface area contributed by atoms with Gasteiger partial charge in [-0.1, -0.05) is 0 Å². The highest BCUT2D eigenvalue weighted by molar-refractivity contribution is 5.95. The molecule has 98 valence electrons. The Morgan fingerprint density at radius 2 is 2.11 bits per heavy atom. The average molecular weight is 264 g/mol. The van der Waals surface area contributed by atoms with E-state index in [4.69, 9.17) is 5.73 Å². The van der Waals surface area contributed by atoms with Gasteiger partial charge < -0.3 is 11.1 Å². The summed E-state index contributed by atoms with van der Waals surface area (Å²) in [4.78, 5) is 19.3. The summed E-state index contributed by atoms with van der Waals surface area (Å²) in [6.07, 6.45) is 2.85. The van der Waals surface area contributed by atoms with Gasteiger partial charge in [-0.15, -0.1) is 0 Å². The van der Waals surface area contributed by atoms with Crippen molar-refractivity contribution >= 4 is 11.6 Å². The molecule has 1 aromatic heterocycles. The van der Waals surface area contributed by atoms with E-state index in [0.29, 0.717) is 11.8 Å². The van der Waals surface area contributed by atoms with Gasteiger partial charge in [-0.2, -0.15) is 0 Å². The maximum absolute atomic E-state index is 13.4.